The number of nitriles is 1. The third-order valence-corrected chi connectivity index (χ3v) is 3.85. The second kappa shape index (κ2) is 7.32. The largest absolute Gasteiger partial charge is 0.506 e. The van der Waals surface area contributed by atoms with Crippen molar-refractivity contribution in [1.29, 1.82) is 5.26 Å². The first-order valence-electron chi connectivity index (χ1n) is 6.58. The molecule has 6 heteroatoms. The van der Waals surface area contributed by atoms with E-state index in [0.717, 1.165) is 5.56 Å². The van der Waals surface area contributed by atoms with Crippen LogP contribution in [0.2, 0.25) is 5.02 Å². The van der Waals surface area contributed by atoms with Crippen molar-refractivity contribution in [3.05, 3.63) is 62.6 Å². The fourth-order valence-corrected chi connectivity index (χ4v) is 2.67. The highest BCUT2D eigenvalue weighted by Crippen LogP contribution is 2.32. The van der Waals surface area contributed by atoms with E-state index < -0.39 is 5.91 Å². The number of hydrogen-bond acceptors (Lipinski definition) is 3. The average molecular weight is 392 g/mol. The molecule has 0 aliphatic heterocycles. The molecule has 0 radical (unpaired) electrons. The molecule has 2 N–H and O–H groups in total. The van der Waals surface area contributed by atoms with Crippen molar-refractivity contribution in [2.45, 2.75) is 6.92 Å². The number of halogens is 2. The summed E-state index contributed by atoms with van der Waals surface area (Å²) in [5, 5.41) is 22.2. The molecule has 0 aliphatic carbocycles. The number of carbonyl (C=O) groups is 1. The summed E-state index contributed by atoms with van der Waals surface area (Å²) in [5.41, 5.74) is 1.78. The van der Waals surface area contributed by atoms with Crippen molar-refractivity contribution >= 4 is 45.2 Å². The van der Waals surface area contributed by atoms with E-state index >= 15 is 0 Å². The van der Waals surface area contributed by atoms with Crippen LogP contribution in [0.3, 0.4) is 0 Å². The van der Waals surface area contributed by atoms with E-state index in [4.69, 9.17) is 11.6 Å². The molecule has 0 unspecified atom stereocenters. The molecular formula is C17H12BrClN2O2. The van der Waals surface area contributed by atoms with Crippen LogP contribution in [0.25, 0.3) is 6.08 Å². The maximum absolute atomic E-state index is 12.2. The molecule has 23 heavy (non-hydrogen) atoms. The van der Waals surface area contributed by atoms with Crippen LogP contribution in [-0.2, 0) is 4.79 Å². The molecule has 0 spiro atoms. The standard InChI is InChI=1S/C17H12BrClN2O2/c1-10-2-4-14(5-3-10)21-17(23)12(9-20)6-11-7-13(19)8-15(18)16(11)22/h2-8,22H,1H3,(H,21,23)/b12-6-. The highest BCUT2D eigenvalue weighted by molar-refractivity contribution is 9.10. The van der Waals surface area contributed by atoms with Crippen molar-refractivity contribution in [3.63, 3.8) is 0 Å². The van der Waals surface area contributed by atoms with E-state index in [1.807, 2.05) is 25.1 Å². The number of rotatable bonds is 3. The molecule has 0 atom stereocenters. The van der Waals surface area contributed by atoms with Gasteiger partial charge in [-0.3, -0.25) is 4.79 Å². The van der Waals surface area contributed by atoms with Gasteiger partial charge in [0.1, 0.15) is 17.4 Å². The normalized spacial score (nSPS) is 11.0. The van der Waals surface area contributed by atoms with E-state index in [0.29, 0.717) is 15.2 Å². The number of nitrogens with zero attached hydrogens (tertiary/aromatic N) is 1. The fourth-order valence-electron chi connectivity index (χ4n) is 1.84. The van der Waals surface area contributed by atoms with Gasteiger partial charge >= 0.3 is 0 Å². The topological polar surface area (TPSA) is 73.1 Å². The highest BCUT2D eigenvalue weighted by atomic mass is 79.9. The van der Waals surface area contributed by atoms with Crippen molar-refractivity contribution < 1.29 is 9.90 Å². The van der Waals surface area contributed by atoms with Gasteiger partial charge in [0, 0.05) is 16.3 Å². The number of phenols is 1. The van der Waals surface area contributed by atoms with Gasteiger partial charge in [-0.05, 0) is 53.2 Å². The Labute approximate surface area is 147 Å². The number of benzene rings is 2. The molecule has 116 valence electrons. The lowest BCUT2D eigenvalue weighted by Crippen LogP contribution is -2.13. The summed E-state index contributed by atoms with van der Waals surface area (Å²) in [5.74, 6) is -0.655. The second-order valence-electron chi connectivity index (χ2n) is 4.82. The van der Waals surface area contributed by atoms with Gasteiger partial charge < -0.3 is 10.4 Å². The Hall–Kier alpha value is -2.29. The van der Waals surface area contributed by atoms with Crippen LogP contribution in [0.15, 0.2) is 46.4 Å². The molecule has 2 rings (SSSR count). The molecule has 0 saturated carbocycles. The SMILES string of the molecule is Cc1ccc(NC(=O)/C(C#N)=C\c2cc(Cl)cc(Br)c2O)cc1. The van der Waals surface area contributed by atoms with Crippen LogP contribution < -0.4 is 5.32 Å². The van der Waals surface area contributed by atoms with Crippen LogP contribution in [0.5, 0.6) is 5.75 Å². The molecule has 2 aromatic carbocycles. The molecular weight excluding hydrogens is 380 g/mol. The first-order chi connectivity index (χ1) is 10.9. The average Bonchev–Trinajstić information content (AvgIpc) is 2.51. The number of aromatic hydroxyl groups is 1. The first kappa shape index (κ1) is 17.1. The minimum absolute atomic E-state index is 0.0923. The number of amides is 1. The molecule has 0 saturated heterocycles. The Morgan fingerprint density at radius 1 is 1.35 bits per heavy atom. The summed E-state index contributed by atoms with van der Waals surface area (Å²) in [4.78, 5) is 12.2. The third-order valence-electron chi connectivity index (χ3n) is 3.03. The molecule has 1 amide bonds. The number of nitrogens with one attached hydrogen (secondary N) is 1. The van der Waals surface area contributed by atoms with E-state index in [-0.39, 0.29) is 16.9 Å². The Balaban J connectivity index is 2.30. The Morgan fingerprint density at radius 2 is 2.00 bits per heavy atom. The Bertz CT molecular complexity index is 824. The van der Waals surface area contributed by atoms with Gasteiger partial charge in [-0.15, -0.1) is 0 Å². The monoisotopic (exact) mass is 390 g/mol. The third kappa shape index (κ3) is 4.35. The number of hydrogen-bond donors (Lipinski definition) is 2. The van der Waals surface area contributed by atoms with Gasteiger partial charge in [-0.25, -0.2) is 0 Å². The molecule has 4 nitrogen and oxygen atoms in total. The van der Waals surface area contributed by atoms with Crippen LogP contribution in [-0.4, -0.2) is 11.0 Å². The number of anilines is 1. The smallest absolute Gasteiger partial charge is 0.266 e. The second-order valence-corrected chi connectivity index (χ2v) is 6.11. The molecule has 0 aromatic heterocycles. The number of carbonyl (C=O) groups excluding carboxylic acids is 1. The van der Waals surface area contributed by atoms with Crippen LogP contribution >= 0.6 is 27.5 Å². The highest BCUT2D eigenvalue weighted by Gasteiger charge is 2.12. The zero-order valence-corrected chi connectivity index (χ0v) is 14.4. The molecule has 0 aliphatic rings. The maximum atomic E-state index is 12.2. The zero-order chi connectivity index (χ0) is 17.0. The van der Waals surface area contributed by atoms with Crippen LogP contribution in [0.4, 0.5) is 5.69 Å². The number of aryl methyl sites for hydroxylation is 1. The summed E-state index contributed by atoms with van der Waals surface area (Å²) >= 11 is 9.08. The van der Waals surface area contributed by atoms with E-state index in [1.54, 1.807) is 12.1 Å². The minimum Gasteiger partial charge on any atom is -0.506 e. The Morgan fingerprint density at radius 3 is 2.61 bits per heavy atom. The van der Waals surface area contributed by atoms with Crippen LogP contribution in [0.1, 0.15) is 11.1 Å². The zero-order valence-electron chi connectivity index (χ0n) is 12.1. The van der Waals surface area contributed by atoms with Gasteiger partial charge in [-0.1, -0.05) is 29.3 Å². The van der Waals surface area contributed by atoms with Crippen LogP contribution in [0, 0.1) is 18.3 Å². The maximum Gasteiger partial charge on any atom is 0.266 e. The number of phenolic OH excluding ortho intramolecular Hbond substituents is 1. The molecule has 0 bridgehead atoms. The lowest BCUT2D eigenvalue weighted by molar-refractivity contribution is -0.112. The minimum atomic E-state index is -0.563. The van der Waals surface area contributed by atoms with Gasteiger partial charge in [0.05, 0.1) is 4.47 Å². The van der Waals surface area contributed by atoms with Crippen molar-refractivity contribution in [2.24, 2.45) is 0 Å². The van der Waals surface area contributed by atoms with Gasteiger partial charge in [0.2, 0.25) is 0 Å². The molecule has 2 aromatic rings. The van der Waals surface area contributed by atoms with Gasteiger partial charge in [0.25, 0.3) is 5.91 Å². The van der Waals surface area contributed by atoms with Crippen molar-refractivity contribution in [3.8, 4) is 11.8 Å². The van der Waals surface area contributed by atoms with Crippen molar-refractivity contribution in [2.75, 3.05) is 5.32 Å². The lowest BCUT2D eigenvalue weighted by atomic mass is 10.1. The molecule has 0 fully saturated rings. The van der Waals surface area contributed by atoms with Gasteiger partial charge in [-0.2, -0.15) is 5.26 Å². The molecule has 0 heterocycles. The summed E-state index contributed by atoms with van der Waals surface area (Å²) in [6, 6.07) is 12.0. The summed E-state index contributed by atoms with van der Waals surface area (Å²) < 4.78 is 0.382. The fraction of sp³-hybridized carbons (Fsp3) is 0.0588. The van der Waals surface area contributed by atoms with E-state index in [2.05, 4.69) is 21.2 Å². The Kier molecular flexibility index (Phi) is 5.43. The van der Waals surface area contributed by atoms with Gasteiger partial charge in [0.15, 0.2) is 0 Å². The van der Waals surface area contributed by atoms with E-state index in [9.17, 15) is 15.2 Å². The first-order valence-corrected chi connectivity index (χ1v) is 7.75. The van der Waals surface area contributed by atoms with Crippen molar-refractivity contribution in [1.82, 2.24) is 0 Å². The summed E-state index contributed by atoms with van der Waals surface area (Å²) in [6.07, 6.45) is 1.29. The predicted molar refractivity (Wildman–Crippen MR) is 94.2 cm³/mol. The summed E-state index contributed by atoms with van der Waals surface area (Å²) in [7, 11) is 0. The lowest BCUT2D eigenvalue weighted by Gasteiger charge is -2.06. The predicted octanol–water partition coefficient (Wildman–Crippen LogP) is 4.66. The summed E-state index contributed by atoms with van der Waals surface area (Å²) in [6.45, 7) is 1.94. The van der Waals surface area contributed by atoms with E-state index in [1.165, 1.54) is 18.2 Å². The quantitative estimate of drug-likeness (QED) is 0.590.